The highest BCUT2D eigenvalue weighted by Gasteiger charge is 2.31. The zero-order chi connectivity index (χ0) is 21.4. The maximum absolute atomic E-state index is 13.0. The lowest BCUT2D eigenvalue weighted by Crippen LogP contribution is -2.49. The van der Waals surface area contributed by atoms with E-state index in [1.807, 2.05) is 30.9 Å². The van der Waals surface area contributed by atoms with Gasteiger partial charge in [0.1, 0.15) is 12.4 Å². The fourth-order valence-corrected chi connectivity index (χ4v) is 4.09. The van der Waals surface area contributed by atoms with Gasteiger partial charge in [0, 0.05) is 43.1 Å². The number of hydrogen-bond donors (Lipinski definition) is 0. The van der Waals surface area contributed by atoms with E-state index in [0.29, 0.717) is 25.3 Å². The van der Waals surface area contributed by atoms with Crippen molar-refractivity contribution in [1.29, 1.82) is 0 Å². The number of pyridine rings is 1. The first-order chi connectivity index (χ1) is 14.3. The lowest BCUT2D eigenvalue weighted by Gasteiger charge is -2.36. The van der Waals surface area contributed by atoms with Crippen molar-refractivity contribution in [1.82, 2.24) is 9.88 Å². The first kappa shape index (κ1) is 20.2. The molecule has 2 aliphatic heterocycles. The van der Waals surface area contributed by atoms with Gasteiger partial charge in [-0.15, -0.1) is 0 Å². The molecule has 1 aromatic heterocycles. The van der Waals surface area contributed by atoms with Gasteiger partial charge in [0.15, 0.2) is 0 Å². The summed E-state index contributed by atoms with van der Waals surface area (Å²) in [7, 11) is 0. The predicted molar refractivity (Wildman–Crippen MR) is 116 cm³/mol. The highest BCUT2D eigenvalue weighted by atomic mass is 16.6. The van der Waals surface area contributed by atoms with E-state index in [9.17, 15) is 9.59 Å². The number of amides is 2. The predicted octanol–water partition coefficient (Wildman–Crippen LogP) is 3.31. The van der Waals surface area contributed by atoms with Crippen LogP contribution in [0.1, 0.15) is 34.1 Å². The molecule has 2 saturated heterocycles. The lowest BCUT2D eigenvalue weighted by atomic mass is 10.1. The molecule has 30 heavy (non-hydrogen) atoms. The summed E-state index contributed by atoms with van der Waals surface area (Å²) in [5.74, 6) is 1.03. The van der Waals surface area contributed by atoms with Crippen LogP contribution in [0.3, 0.4) is 0 Å². The van der Waals surface area contributed by atoms with Gasteiger partial charge in [0.25, 0.3) is 5.91 Å². The Morgan fingerprint density at radius 1 is 1.03 bits per heavy atom. The molecule has 7 nitrogen and oxygen atoms in total. The molecule has 158 valence electrons. The van der Waals surface area contributed by atoms with Crippen LogP contribution in [0, 0.1) is 20.8 Å². The number of anilines is 2. The standard InChI is InChI=1S/C23H28N4O3/c1-15-13-16(2)21(24-18(15)4)25-9-11-26(12-10-25)22(28)19-5-7-20(8-6-19)27-17(3)14-30-23(27)29/h5-8,13,17H,9-12,14H2,1-4H3. The van der Waals surface area contributed by atoms with Crippen LogP contribution in [0.15, 0.2) is 30.3 Å². The maximum Gasteiger partial charge on any atom is 0.414 e. The van der Waals surface area contributed by atoms with Gasteiger partial charge >= 0.3 is 6.09 Å². The summed E-state index contributed by atoms with van der Waals surface area (Å²) < 4.78 is 5.08. The number of benzene rings is 1. The first-order valence-corrected chi connectivity index (χ1v) is 10.4. The summed E-state index contributed by atoms with van der Waals surface area (Å²) in [5.41, 5.74) is 4.80. The van der Waals surface area contributed by atoms with Gasteiger partial charge in [-0.3, -0.25) is 9.69 Å². The van der Waals surface area contributed by atoms with Gasteiger partial charge in [-0.25, -0.2) is 9.78 Å². The summed E-state index contributed by atoms with van der Waals surface area (Å²) in [4.78, 5) is 35.4. The van der Waals surface area contributed by atoms with Crippen molar-refractivity contribution in [3.05, 3.63) is 52.7 Å². The first-order valence-electron chi connectivity index (χ1n) is 10.4. The van der Waals surface area contributed by atoms with Crippen molar-refractivity contribution < 1.29 is 14.3 Å². The molecule has 2 fully saturated rings. The van der Waals surface area contributed by atoms with Crippen LogP contribution in [0.4, 0.5) is 16.3 Å². The summed E-state index contributed by atoms with van der Waals surface area (Å²) in [6.07, 6.45) is -0.340. The Kier molecular flexibility index (Phi) is 5.37. The summed E-state index contributed by atoms with van der Waals surface area (Å²) in [6.45, 7) is 11.4. The molecule has 0 radical (unpaired) electrons. The summed E-state index contributed by atoms with van der Waals surface area (Å²) in [6, 6.07) is 9.38. The minimum Gasteiger partial charge on any atom is -0.447 e. The molecule has 0 aliphatic carbocycles. The Morgan fingerprint density at radius 3 is 2.30 bits per heavy atom. The number of hydrogen-bond acceptors (Lipinski definition) is 5. The van der Waals surface area contributed by atoms with Crippen LogP contribution < -0.4 is 9.80 Å². The second kappa shape index (κ2) is 7.97. The number of aromatic nitrogens is 1. The Labute approximate surface area is 177 Å². The van der Waals surface area contributed by atoms with Crippen molar-refractivity contribution >= 4 is 23.5 Å². The molecule has 4 rings (SSSR count). The van der Waals surface area contributed by atoms with Crippen LogP contribution in [-0.2, 0) is 4.74 Å². The number of cyclic esters (lactones) is 1. The molecule has 0 N–H and O–H groups in total. The van der Waals surface area contributed by atoms with E-state index in [1.54, 1.807) is 17.0 Å². The van der Waals surface area contributed by atoms with E-state index in [1.165, 1.54) is 11.1 Å². The second-order valence-electron chi connectivity index (χ2n) is 8.15. The molecular formula is C23H28N4O3. The number of carbonyl (C=O) groups is 2. The fraction of sp³-hybridized carbons (Fsp3) is 0.435. The normalized spacial score (nSPS) is 19.3. The van der Waals surface area contributed by atoms with Crippen molar-refractivity contribution in [3.8, 4) is 0 Å². The van der Waals surface area contributed by atoms with Crippen molar-refractivity contribution in [2.24, 2.45) is 0 Å². The molecule has 3 heterocycles. The second-order valence-corrected chi connectivity index (χ2v) is 8.15. The minimum atomic E-state index is -0.340. The Hall–Kier alpha value is -3.09. The molecule has 1 unspecified atom stereocenters. The molecule has 1 atom stereocenters. The van der Waals surface area contributed by atoms with Crippen molar-refractivity contribution in [3.63, 3.8) is 0 Å². The molecule has 0 spiro atoms. The quantitative estimate of drug-likeness (QED) is 0.780. The highest BCUT2D eigenvalue weighted by Crippen LogP contribution is 2.25. The Morgan fingerprint density at radius 2 is 1.70 bits per heavy atom. The zero-order valence-corrected chi connectivity index (χ0v) is 18.0. The van der Waals surface area contributed by atoms with Crippen LogP contribution in [0.25, 0.3) is 0 Å². The van der Waals surface area contributed by atoms with Gasteiger partial charge in [-0.2, -0.15) is 0 Å². The van der Waals surface area contributed by atoms with Crippen LogP contribution in [-0.4, -0.2) is 60.7 Å². The molecule has 0 bridgehead atoms. The van der Waals surface area contributed by atoms with Crippen molar-refractivity contribution in [2.45, 2.75) is 33.7 Å². The molecule has 1 aromatic carbocycles. The smallest absolute Gasteiger partial charge is 0.414 e. The molecule has 2 aromatic rings. The number of nitrogens with zero attached hydrogens (tertiary/aromatic N) is 4. The Balaban J connectivity index is 1.41. The third kappa shape index (κ3) is 3.72. The molecule has 2 amide bonds. The minimum absolute atomic E-state index is 0.00499. The average Bonchev–Trinajstić information content (AvgIpc) is 3.08. The Bertz CT molecular complexity index is 965. The highest BCUT2D eigenvalue weighted by molar-refractivity contribution is 5.96. The van der Waals surface area contributed by atoms with Gasteiger partial charge in [-0.05, 0) is 63.1 Å². The largest absolute Gasteiger partial charge is 0.447 e. The van der Waals surface area contributed by atoms with E-state index in [-0.39, 0.29) is 18.0 Å². The van der Waals surface area contributed by atoms with Crippen LogP contribution in [0.5, 0.6) is 0 Å². The van der Waals surface area contributed by atoms with E-state index >= 15 is 0 Å². The fourth-order valence-electron chi connectivity index (χ4n) is 4.09. The lowest BCUT2D eigenvalue weighted by molar-refractivity contribution is 0.0746. The number of piperazine rings is 1. The molecule has 2 aliphatic rings. The number of carbonyl (C=O) groups excluding carboxylic acids is 2. The third-order valence-corrected chi connectivity index (χ3v) is 5.97. The van der Waals surface area contributed by atoms with E-state index in [2.05, 4.69) is 24.8 Å². The summed E-state index contributed by atoms with van der Waals surface area (Å²) in [5, 5.41) is 0. The molecule has 0 saturated carbocycles. The number of aryl methyl sites for hydroxylation is 3. The topological polar surface area (TPSA) is 66.0 Å². The zero-order valence-electron chi connectivity index (χ0n) is 18.0. The monoisotopic (exact) mass is 408 g/mol. The van der Waals surface area contributed by atoms with E-state index in [0.717, 1.165) is 30.3 Å². The van der Waals surface area contributed by atoms with Gasteiger partial charge in [0.05, 0.1) is 6.04 Å². The van der Waals surface area contributed by atoms with E-state index < -0.39 is 0 Å². The number of ether oxygens (including phenoxy) is 1. The van der Waals surface area contributed by atoms with Gasteiger partial charge < -0.3 is 14.5 Å². The molecule has 7 heteroatoms. The summed E-state index contributed by atoms with van der Waals surface area (Å²) >= 11 is 0. The van der Waals surface area contributed by atoms with E-state index in [4.69, 9.17) is 9.72 Å². The van der Waals surface area contributed by atoms with Crippen LogP contribution >= 0.6 is 0 Å². The van der Waals surface area contributed by atoms with Gasteiger partial charge in [0.2, 0.25) is 0 Å². The average molecular weight is 409 g/mol. The van der Waals surface area contributed by atoms with Gasteiger partial charge in [-0.1, -0.05) is 6.07 Å². The third-order valence-electron chi connectivity index (χ3n) is 5.97. The maximum atomic E-state index is 13.0. The van der Waals surface area contributed by atoms with Crippen LogP contribution in [0.2, 0.25) is 0 Å². The van der Waals surface area contributed by atoms with Crippen molar-refractivity contribution in [2.75, 3.05) is 42.6 Å². The SMILES string of the molecule is Cc1cc(C)c(N2CCN(C(=O)c3ccc(N4C(=O)OCC4C)cc3)CC2)nc1C. The molecular weight excluding hydrogens is 380 g/mol. The number of rotatable bonds is 3.